The van der Waals surface area contributed by atoms with Gasteiger partial charge in [0.15, 0.2) is 11.5 Å². The fourth-order valence-corrected chi connectivity index (χ4v) is 3.66. The highest BCUT2D eigenvalue weighted by atomic mass is 35.5. The maximum absolute atomic E-state index is 5.78. The third-order valence-electron chi connectivity index (χ3n) is 4.84. The molecule has 4 rings (SSSR count). The third-order valence-corrected chi connectivity index (χ3v) is 4.84. The number of methoxy groups -OCH3 is 1. The lowest BCUT2D eigenvalue weighted by Crippen LogP contribution is -2.30. The van der Waals surface area contributed by atoms with E-state index in [4.69, 9.17) is 9.47 Å². The number of aromatic nitrogens is 1. The molecule has 0 radical (unpaired) electrons. The van der Waals surface area contributed by atoms with Gasteiger partial charge in [-0.3, -0.25) is 0 Å². The number of ether oxygens (including phenoxy) is 2. The van der Waals surface area contributed by atoms with E-state index in [2.05, 4.69) is 53.6 Å². The van der Waals surface area contributed by atoms with Crippen molar-refractivity contribution in [2.75, 3.05) is 20.3 Å². The number of halogens is 1. The number of nitrogens with one attached hydrogen (secondary N) is 2. The SMILES string of the molecule is CCCOc1ccc(C2NCCc3c2[nH]c2ccccc32)cc1OC.Cl. The predicted molar refractivity (Wildman–Crippen MR) is 108 cm³/mol. The number of para-hydroxylation sites is 1. The Balaban J connectivity index is 0.00000196. The molecule has 0 amide bonds. The van der Waals surface area contributed by atoms with E-state index in [0.29, 0.717) is 6.61 Å². The van der Waals surface area contributed by atoms with Crippen molar-refractivity contribution >= 4 is 23.3 Å². The molecule has 2 heterocycles. The molecule has 4 nitrogen and oxygen atoms in total. The van der Waals surface area contributed by atoms with Gasteiger partial charge in [0.2, 0.25) is 0 Å². The van der Waals surface area contributed by atoms with E-state index < -0.39 is 0 Å². The van der Waals surface area contributed by atoms with Crippen molar-refractivity contribution in [1.29, 1.82) is 0 Å². The molecule has 138 valence electrons. The van der Waals surface area contributed by atoms with Crippen molar-refractivity contribution in [1.82, 2.24) is 10.3 Å². The van der Waals surface area contributed by atoms with Gasteiger partial charge in [0.1, 0.15) is 0 Å². The summed E-state index contributed by atoms with van der Waals surface area (Å²) < 4.78 is 11.3. The summed E-state index contributed by atoms with van der Waals surface area (Å²) in [4.78, 5) is 3.62. The summed E-state index contributed by atoms with van der Waals surface area (Å²) in [6, 6.07) is 14.9. The zero-order chi connectivity index (χ0) is 17.2. The molecule has 1 aromatic heterocycles. The molecule has 0 aliphatic carbocycles. The lowest BCUT2D eigenvalue weighted by molar-refractivity contribution is 0.294. The van der Waals surface area contributed by atoms with Gasteiger partial charge < -0.3 is 19.8 Å². The van der Waals surface area contributed by atoms with E-state index in [0.717, 1.165) is 30.9 Å². The lowest BCUT2D eigenvalue weighted by Gasteiger charge is -2.25. The van der Waals surface area contributed by atoms with Crippen LogP contribution in [-0.2, 0) is 6.42 Å². The molecule has 3 aromatic rings. The van der Waals surface area contributed by atoms with Gasteiger partial charge in [-0.25, -0.2) is 0 Å². The van der Waals surface area contributed by atoms with Crippen LogP contribution < -0.4 is 14.8 Å². The lowest BCUT2D eigenvalue weighted by atomic mass is 9.94. The van der Waals surface area contributed by atoms with E-state index in [1.807, 2.05) is 6.07 Å². The van der Waals surface area contributed by atoms with Gasteiger partial charge >= 0.3 is 0 Å². The van der Waals surface area contributed by atoms with Crippen molar-refractivity contribution in [2.24, 2.45) is 0 Å². The quantitative estimate of drug-likeness (QED) is 0.686. The Kier molecular flexibility index (Phi) is 5.74. The number of benzene rings is 2. The Morgan fingerprint density at radius 2 is 1.96 bits per heavy atom. The molecule has 0 fully saturated rings. The van der Waals surface area contributed by atoms with Gasteiger partial charge in [-0.15, -0.1) is 12.4 Å². The molecule has 0 saturated carbocycles. The van der Waals surface area contributed by atoms with Crippen LogP contribution >= 0.6 is 12.4 Å². The summed E-state index contributed by atoms with van der Waals surface area (Å²) in [7, 11) is 1.70. The van der Waals surface area contributed by atoms with Crippen molar-refractivity contribution in [3.05, 3.63) is 59.3 Å². The van der Waals surface area contributed by atoms with Crippen LogP contribution in [0.1, 0.15) is 36.2 Å². The van der Waals surface area contributed by atoms with Gasteiger partial charge in [-0.05, 0) is 42.2 Å². The summed E-state index contributed by atoms with van der Waals surface area (Å²) in [5.74, 6) is 1.59. The fourth-order valence-electron chi connectivity index (χ4n) is 3.66. The number of hydrogen-bond acceptors (Lipinski definition) is 3. The minimum atomic E-state index is 0. The van der Waals surface area contributed by atoms with Gasteiger partial charge in [-0.1, -0.05) is 31.2 Å². The van der Waals surface area contributed by atoms with E-state index in [-0.39, 0.29) is 18.4 Å². The molecule has 1 aliphatic heterocycles. The van der Waals surface area contributed by atoms with Crippen molar-refractivity contribution in [3.63, 3.8) is 0 Å². The third kappa shape index (κ3) is 3.27. The standard InChI is InChI=1S/C21H24N2O2.ClH/c1-3-12-25-18-9-8-14(13-19(18)24-2)20-21-16(10-11-22-20)15-6-4-5-7-17(15)23-21;/h4-9,13,20,22-23H,3,10-12H2,1-2H3;1H. The smallest absolute Gasteiger partial charge is 0.161 e. The molecular weight excluding hydrogens is 348 g/mol. The number of hydrogen-bond donors (Lipinski definition) is 2. The molecule has 1 unspecified atom stereocenters. The molecule has 5 heteroatoms. The summed E-state index contributed by atoms with van der Waals surface area (Å²) >= 11 is 0. The zero-order valence-corrected chi connectivity index (χ0v) is 16.0. The first-order chi connectivity index (χ1) is 12.3. The van der Waals surface area contributed by atoms with E-state index in [1.165, 1.54) is 27.7 Å². The molecular formula is C21H25ClN2O2. The van der Waals surface area contributed by atoms with Crippen LogP contribution in [-0.4, -0.2) is 25.2 Å². The minimum absolute atomic E-state index is 0. The van der Waals surface area contributed by atoms with Gasteiger partial charge in [0, 0.05) is 23.1 Å². The Morgan fingerprint density at radius 3 is 2.77 bits per heavy atom. The van der Waals surface area contributed by atoms with Crippen LogP contribution in [0.5, 0.6) is 11.5 Å². The highest BCUT2D eigenvalue weighted by Crippen LogP contribution is 2.36. The number of rotatable bonds is 5. The molecule has 0 bridgehead atoms. The topological polar surface area (TPSA) is 46.3 Å². The van der Waals surface area contributed by atoms with Crippen LogP contribution in [0, 0.1) is 0 Å². The Hall–Kier alpha value is -2.17. The van der Waals surface area contributed by atoms with E-state index in [1.54, 1.807) is 7.11 Å². The minimum Gasteiger partial charge on any atom is -0.493 e. The van der Waals surface area contributed by atoms with Crippen molar-refractivity contribution < 1.29 is 9.47 Å². The first-order valence-electron chi connectivity index (χ1n) is 8.95. The summed E-state index contributed by atoms with van der Waals surface area (Å²) in [6.45, 7) is 3.77. The van der Waals surface area contributed by atoms with Crippen LogP contribution in [0.4, 0.5) is 0 Å². The first kappa shape index (κ1) is 18.6. The molecule has 0 spiro atoms. The van der Waals surface area contributed by atoms with Gasteiger partial charge in [0.05, 0.1) is 19.8 Å². The Labute approximate surface area is 160 Å². The van der Waals surface area contributed by atoms with Crippen molar-refractivity contribution in [2.45, 2.75) is 25.8 Å². The second kappa shape index (κ2) is 8.02. The highest BCUT2D eigenvalue weighted by Gasteiger charge is 2.25. The Bertz CT molecular complexity index is 891. The van der Waals surface area contributed by atoms with Crippen LogP contribution in [0.3, 0.4) is 0 Å². The molecule has 1 aliphatic rings. The Morgan fingerprint density at radius 1 is 1.12 bits per heavy atom. The number of fused-ring (bicyclic) bond motifs is 3. The molecule has 2 N–H and O–H groups in total. The van der Waals surface area contributed by atoms with E-state index >= 15 is 0 Å². The van der Waals surface area contributed by atoms with Crippen molar-refractivity contribution in [3.8, 4) is 11.5 Å². The number of H-pyrrole nitrogens is 1. The molecule has 1 atom stereocenters. The maximum atomic E-state index is 5.78. The monoisotopic (exact) mass is 372 g/mol. The fraction of sp³-hybridized carbons (Fsp3) is 0.333. The second-order valence-corrected chi connectivity index (χ2v) is 6.46. The average molecular weight is 373 g/mol. The maximum Gasteiger partial charge on any atom is 0.161 e. The summed E-state index contributed by atoms with van der Waals surface area (Å²) in [6.07, 6.45) is 2.03. The molecule has 2 aromatic carbocycles. The molecule has 0 saturated heterocycles. The summed E-state index contributed by atoms with van der Waals surface area (Å²) in [5.41, 5.74) is 5.07. The van der Waals surface area contributed by atoms with Gasteiger partial charge in [0.25, 0.3) is 0 Å². The van der Waals surface area contributed by atoms with Crippen LogP contribution in [0.2, 0.25) is 0 Å². The average Bonchev–Trinajstić information content (AvgIpc) is 3.05. The summed E-state index contributed by atoms with van der Waals surface area (Å²) in [5, 5.41) is 4.97. The zero-order valence-electron chi connectivity index (χ0n) is 15.2. The first-order valence-corrected chi connectivity index (χ1v) is 8.95. The normalized spacial score (nSPS) is 16.0. The number of aromatic amines is 1. The predicted octanol–water partition coefficient (Wildman–Crippen LogP) is 4.62. The van der Waals surface area contributed by atoms with Gasteiger partial charge in [-0.2, -0.15) is 0 Å². The van der Waals surface area contributed by atoms with E-state index in [9.17, 15) is 0 Å². The van der Waals surface area contributed by atoms with Crippen LogP contribution in [0.15, 0.2) is 42.5 Å². The highest BCUT2D eigenvalue weighted by molar-refractivity contribution is 5.85. The second-order valence-electron chi connectivity index (χ2n) is 6.46. The largest absolute Gasteiger partial charge is 0.493 e. The van der Waals surface area contributed by atoms with Crippen LogP contribution in [0.25, 0.3) is 10.9 Å². The molecule has 26 heavy (non-hydrogen) atoms.